The second kappa shape index (κ2) is 6.75. The first-order valence-corrected chi connectivity index (χ1v) is 8.74. The van der Waals surface area contributed by atoms with E-state index in [0.717, 1.165) is 36.8 Å². The number of amides is 1. The third-order valence-electron chi connectivity index (χ3n) is 5.11. The van der Waals surface area contributed by atoms with Crippen LogP contribution < -0.4 is 5.32 Å². The van der Waals surface area contributed by atoms with Gasteiger partial charge >= 0.3 is 0 Å². The van der Waals surface area contributed by atoms with E-state index in [2.05, 4.69) is 10.3 Å². The van der Waals surface area contributed by atoms with Crippen molar-refractivity contribution in [3.8, 4) is 11.3 Å². The Morgan fingerprint density at radius 2 is 1.92 bits per heavy atom. The van der Waals surface area contributed by atoms with Crippen molar-refractivity contribution in [3.63, 3.8) is 0 Å². The molecule has 0 bridgehead atoms. The molecular formula is C21H19FN2O2. The summed E-state index contributed by atoms with van der Waals surface area (Å²) in [5, 5.41) is 3.02. The number of anilines is 1. The lowest BCUT2D eigenvalue weighted by molar-refractivity contribution is -0.121. The first kappa shape index (κ1) is 16.5. The molecule has 0 saturated heterocycles. The van der Waals surface area contributed by atoms with Gasteiger partial charge in [-0.05, 0) is 42.7 Å². The van der Waals surface area contributed by atoms with Crippen LogP contribution in [-0.4, -0.2) is 10.9 Å². The second-order valence-corrected chi connectivity index (χ2v) is 6.70. The highest BCUT2D eigenvalue weighted by Gasteiger charge is 2.42. The van der Waals surface area contributed by atoms with Crippen LogP contribution in [0.25, 0.3) is 11.3 Å². The van der Waals surface area contributed by atoms with Crippen LogP contribution in [0, 0.1) is 5.82 Å². The van der Waals surface area contributed by atoms with Crippen molar-refractivity contribution in [2.45, 2.75) is 31.1 Å². The standard InChI is InChI=1S/C21H19FN2O2/c22-17-7-4-6-16(12-17)21(9-1-2-10-21)20(25)24-18-8-3-5-15(11-18)19-13-23-14-26-19/h3-8,11-14H,1-2,9-10H2,(H,24,25). The molecule has 26 heavy (non-hydrogen) atoms. The molecule has 1 aromatic heterocycles. The van der Waals surface area contributed by atoms with Crippen LogP contribution in [0.5, 0.6) is 0 Å². The summed E-state index contributed by atoms with van der Waals surface area (Å²) in [5.74, 6) is 0.242. The maximum atomic E-state index is 13.7. The van der Waals surface area contributed by atoms with E-state index in [1.807, 2.05) is 30.3 Å². The normalized spacial score (nSPS) is 15.7. The van der Waals surface area contributed by atoms with Crippen LogP contribution in [0.4, 0.5) is 10.1 Å². The Kier molecular flexibility index (Phi) is 4.29. The molecule has 1 heterocycles. The van der Waals surface area contributed by atoms with Crippen molar-refractivity contribution in [1.29, 1.82) is 0 Å². The van der Waals surface area contributed by atoms with E-state index in [4.69, 9.17) is 4.42 Å². The summed E-state index contributed by atoms with van der Waals surface area (Å²) >= 11 is 0. The fourth-order valence-corrected chi connectivity index (χ4v) is 3.77. The molecule has 1 aliphatic carbocycles. The first-order valence-electron chi connectivity index (χ1n) is 8.74. The molecule has 1 amide bonds. The molecule has 1 fully saturated rings. The van der Waals surface area contributed by atoms with Crippen molar-refractivity contribution < 1.29 is 13.6 Å². The summed E-state index contributed by atoms with van der Waals surface area (Å²) < 4.78 is 19.1. The highest BCUT2D eigenvalue weighted by atomic mass is 19.1. The molecule has 4 rings (SSSR count). The Hall–Kier alpha value is -2.95. The smallest absolute Gasteiger partial charge is 0.235 e. The van der Waals surface area contributed by atoms with Gasteiger partial charge in [0.25, 0.3) is 0 Å². The van der Waals surface area contributed by atoms with E-state index in [1.165, 1.54) is 18.5 Å². The zero-order chi connectivity index (χ0) is 18.0. The molecular weight excluding hydrogens is 331 g/mol. The molecule has 0 atom stereocenters. The molecule has 1 N–H and O–H groups in total. The molecule has 0 radical (unpaired) electrons. The van der Waals surface area contributed by atoms with Crippen molar-refractivity contribution in [3.05, 3.63) is 72.5 Å². The van der Waals surface area contributed by atoms with Gasteiger partial charge in [-0.3, -0.25) is 4.79 Å². The molecule has 3 aromatic rings. The average Bonchev–Trinajstić information content (AvgIpc) is 3.35. The Labute approximate surface area is 151 Å². The summed E-state index contributed by atoms with van der Waals surface area (Å²) in [7, 11) is 0. The summed E-state index contributed by atoms with van der Waals surface area (Å²) in [6, 6.07) is 13.9. The van der Waals surface area contributed by atoms with Crippen molar-refractivity contribution in [2.24, 2.45) is 0 Å². The first-order chi connectivity index (χ1) is 12.7. The maximum Gasteiger partial charge on any atom is 0.235 e. The largest absolute Gasteiger partial charge is 0.444 e. The lowest BCUT2D eigenvalue weighted by Gasteiger charge is -2.28. The molecule has 2 aromatic carbocycles. The number of oxazole rings is 1. The van der Waals surface area contributed by atoms with Crippen molar-refractivity contribution in [2.75, 3.05) is 5.32 Å². The molecule has 1 aliphatic rings. The Morgan fingerprint density at radius 3 is 2.65 bits per heavy atom. The van der Waals surface area contributed by atoms with Crippen LogP contribution in [0.3, 0.4) is 0 Å². The van der Waals surface area contributed by atoms with Crippen molar-refractivity contribution in [1.82, 2.24) is 4.98 Å². The van der Waals surface area contributed by atoms with E-state index >= 15 is 0 Å². The van der Waals surface area contributed by atoms with Gasteiger partial charge in [0, 0.05) is 11.3 Å². The third kappa shape index (κ3) is 3.01. The number of nitrogens with one attached hydrogen (secondary N) is 1. The predicted molar refractivity (Wildman–Crippen MR) is 97.1 cm³/mol. The fraction of sp³-hybridized carbons (Fsp3) is 0.238. The molecule has 0 spiro atoms. The van der Waals surface area contributed by atoms with E-state index in [1.54, 1.807) is 12.3 Å². The highest BCUT2D eigenvalue weighted by Crippen LogP contribution is 2.42. The van der Waals surface area contributed by atoms with Gasteiger partial charge in [-0.25, -0.2) is 9.37 Å². The van der Waals surface area contributed by atoms with Gasteiger partial charge in [0.15, 0.2) is 12.2 Å². The molecule has 0 aliphatic heterocycles. The second-order valence-electron chi connectivity index (χ2n) is 6.70. The van der Waals surface area contributed by atoms with E-state index in [0.29, 0.717) is 11.4 Å². The quantitative estimate of drug-likeness (QED) is 0.726. The van der Waals surface area contributed by atoms with Gasteiger partial charge in [0.2, 0.25) is 5.91 Å². The molecule has 5 heteroatoms. The van der Waals surface area contributed by atoms with Crippen LogP contribution in [0.1, 0.15) is 31.2 Å². The highest BCUT2D eigenvalue weighted by molar-refractivity contribution is 5.99. The number of nitrogens with zero attached hydrogens (tertiary/aromatic N) is 1. The number of halogens is 1. The molecule has 1 saturated carbocycles. The Morgan fingerprint density at radius 1 is 1.12 bits per heavy atom. The number of carbonyl (C=O) groups excluding carboxylic acids is 1. The summed E-state index contributed by atoms with van der Waals surface area (Å²) in [5.41, 5.74) is 1.60. The zero-order valence-corrected chi connectivity index (χ0v) is 14.2. The minimum absolute atomic E-state index is 0.0877. The minimum Gasteiger partial charge on any atom is -0.444 e. The van der Waals surface area contributed by atoms with E-state index in [9.17, 15) is 9.18 Å². The van der Waals surface area contributed by atoms with Crippen LogP contribution in [0.2, 0.25) is 0 Å². The number of carbonyl (C=O) groups is 1. The fourth-order valence-electron chi connectivity index (χ4n) is 3.77. The van der Waals surface area contributed by atoms with Crippen molar-refractivity contribution >= 4 is 11.6 Å². The number of hydrogen-bond acceptors (Lipinski definition) is 3. The topological polar surface area (TPSA) is 55.1 Å². The minimum atomic E-state index is -0.676. The Balaban J connectivity index is 1.63. The van der Waals surface area contributed by atoms with Gasteiger partial charge < -0.3 is 9.73 Å². The van der Waals surface area contributed by atoms with E-state index in [-0.39, 0.29) is 11.7 Å². The lowest BCUT2D eigenvalue weighted by Crippen LogP contribution is -2.38. The maximum absolute atomic E-state index is 13.7. The zero-order valence-electron chi connectivity index (χ0n) is 14.2. The van der Waals surface area contributed by atoms with Gasteiger partial charge in [0.05, 0.1) is 11.6 Å². The predicted octanol–water partition coefficient (Wildman–Crippen LogP) is 4.93. The van der Waals surface area contributed by atoms with Gasteiger partial charge in [0.1, 0.15) is 5.82 Å². The Bertz CT molecular complexity index is 915. The van der Waals surface area contributed by atoms with Gasteiger partial charge in [-0.2, -0.15) is 0 Å². The number of hydrogen-bond donors (Lipinski definition) is 1. The number of aromatic nitrogens is 1. The van der Waals surface area contributed by atoms with Crippen LogP contribution >= 0.6 is 0 Å². The summed E-state index contributed by atoms with van der Waals surface area (Å²) in [6.07, 6.45) is 6.38. The van der Waals surface area contributed by atoms with Crippen LogP contribution in [-0.2, 0) is 10.2 Å². The SMILES string of the molecule is O=C(Nc1cccc(-c2cnco2)c1)C1(c2cccc(F)c2)CCCC1. The summed E-state index contributed by atoms with van der Waals surface area (Å²) in [6.45, 7) is 0. The lowest BCUT2D eigenvalue weighted by atomic mass is 9.78. The number of rotatable bonds is 4. The third-order valence-corrected chi connectivity index (χ3v) is 5.11. The van der Waals surface area contributed by atoms with Gasteiger partial charge in [-0.1, -0.05) is 37.1 Å². The molecule has 4 nitrogen and oxygen atoms in total. The average molecular weight is 350 g/mol. The van der Waals surface area contributed by atoms with Gasteiger partial charge in [-0.15, -0.1) is 0 Å². The van der Waals surface area contributed by atoms with Crippen LogP contribution in [0.15, 0.2) is 65.5 Å². The number of benzene rings is 2. The molecule has 132 valence electrons. The summed E-state index contributed by atoms with van der Waals surface area (Å²) in [4.78, 5) is 17.1. The monoisotopic (exact) mass is 350 g/mol. The molecule has 0 unspecified atom stereocenters. The van der Waals surface area contributed by atoms with E-state index < -0.39 is 5.41 Å².